The summed E-state index contributed by atoms with van der Waals surface area (Å²) >= 11 is 10.8. The van der Waals surface area contributed by atoms with E-state index in [1.807, 2.05) is 42.5 Å². The average Bonchev–Trinajstić information content (AvgIpc) is 3.20. The fourth-order valence-corrected chi connectivity index (χ4v) is 5.54. The van der Waals surface area contributed by atoms with Crippen LogP contribution in [0, 0.1) is 0 Å². The molecule has 7 heteroatoms. The highest BCUT2D eigenvalue weighted by Gasteiger charge is 2.41. The molecule has 2 aliphatic rings. The summed E-state index contributed by atoms with van der Waals surface area (Å²) in [4.78, 5) is 0. The second kappa shape index (κ2) is 8.02. The maximum absolute atomic E-state index is 6.50. The van der Waals surface area contributed by atoms with E-state index in [9.17, 15) is 0 Å². The van der Waals surface area contributed by atoms with E-state index >= 15 is 0 Å². The highest BCUT2D eigenvalue weighted by atomic mass is 79.9. The maximum atomic E-state index is 6.50. The third-order valence-electron chi connectivity index (χ3n) is 5.39. The van der Waals surface area contributed by atoms with Crippen molar-refractivity contribution in [3.8, 4) is 11.5 Å². The molecule has 2 heterocycles. The average molecular weight is 593 g/mol. The van der Waals surface area contributed by atoms with Crippen molar-refractivity contribution >= 4 is 53.5 Å². The number of halogens is 3. The molecule has 152 valence electrons. The molecule has 0 bridgehead atoms. The lowest BCUT2D eigenvalue weighted by Gasteiger charge is -2.38. The topological polar surface area (TPSA) is 34.1 Å². The monoisotopic (exact) mass is 590 g/mol. The lowest BCUT2D eigenvalue weighted by atomic mass is 9.96. The van der Waals surface area contributed by atoms with Gasteiger partial charge in [-0.05, 0) is 70.0 Å². The molecule has 0 aliphatic carbocycles. The molecule has 4 nitrogen and oxygen atoms in total. The van der Waals surface area contributed by atoms with Gasteiger partial charge in [-0.2, -0.15) is 5.10 Å². The van der Waals surface area contributed by atoms with Crippen LogP contribution in [0.5, 0.6) is 11.5 Å². The Bertz CT molecular complexity index is 1130. The molecule has 0 aromatic heterocycles. The zero-order valence-corrected chi connectivity index (χ0v) is 20.7. The first kappa shape index (κ1) is 20.1. The second-order valence-electron chi connectivity index (χ2n) is 7.20. The first-order chi connectivity index (χ1) is 14.5. The van der Waals surface area contributed by atoms with Gasteiger partial charge in [0.25, 0.3) is 0 Å². The van der Waals surface area contributed by atoms with E-state index in [1.54, 1.807) is 7.11 Å². The standard InChI is InChI=1S/C23H17Br3N2O2/c1-29-17-8-4-14(5-9-17)23-28-21(18-10-16(25)11-19(26)22(18)30-23)12-20(27-28)13-2-6-15(24)7-3-13/h2-11,21,23H,12H2,1H3/t21-,23-/m0/s1. The van der Waals surface area contributed by atoms with Gasteiger partial charge in [-0.15, -0.1) is 0 Å². The number of benzene rings is 3. The zero-order chi connectivity index (χ0) is 20.8. The fourth-order valence-electron chi connectivity index (χ4n) is 3.92. The second-order valence-corrected chi connectivity index (χ2v) is 9.89. The van der Waals surface area contributed by atoms with Gasteiger partial charge in [-0.1, -0.05) is 44.0 Å². The highest BCUT2D eigenvalue weighted by Crippen LogP contribution is 2.50. The van der Waals surface area contributed by atoms with Gasteiger partial charge in [0, 0.05) is 26.5 Å². The molecule has 0 saturated heterocycles. The Morgan fingerprint density at radius 2 is 1.70 bits per heavy atom. The maximum Gasteiger partial charge on any atom is 0.213 e. The summed E-state index contributed by atoms with van der Waals surface area (Å²) in [7, 11) is 1.67. The Morgan fingerprint density at radius 1 is 0.967 bits per heavy atom. The van der Waals surface area contributed by atoms with E-state index in [0.717, 1.165) is 53.7 Å². The molecule has 0 spiro atoms. The van der Waals surface area contributed by atoms with Crippen LogP contribution >= 0.6 is 47.8 Å². The van der Waals surface area contributed by atoms with Gasteiger partial charge in [0.2, 0.25) is 6.23 Å². The summed E-state index contributed by atoms with van der Waals surface area (Å²) in [6.45, 7) is 0. The third kappa shape index (κ3) is 3.57. The van der Waals surface area contributed by atoms with E-state index in [0.29, 0.717) is 0 Å². The molecular formula is C23H17Br3N2O2. The predicted molar refractivity (Wildman–Crippen MR) is 128 cm³/mol. The molecule has 0 radical (unpaired) electrons. The SMILES string of the molecule is COc1ccc([C@@H]2Oc3c(Br)cc(Br)cc3[C@@H]3CC(c4ccc(Br)cc4)=NN32)cc1. The minimum Gasteiger partial charge on any atom is -0.497 e. The molecule has 30 heavy (non-hydrogen) atoms. The first-order valence-electron chi connectivity index (χ1n) is 9.45. The van der Waals surface area contributed by atoms with Crippen LogP contribution in [0.15, 0.2) is 79.2 Å². The van der Waals surface area contributed by atoms with Crippen LogP contribution < -0.4 is 9.47 Å². The van der Waals surface area contributed by atoms with Gasteiger partial charge < -0.3 is 9.47 Å². The molecule has 0 N–H and O–H groups in total. The third-order valence-corrected chi connectivity index (χ3v) is 6.96. The number of nitrogens with zero attached hydrogens (tertiary/aromatic N) is 2. The number of methoxy groups -OCH3 is 1. The Kier molecular flexibility index (Phi) is 5.37. The predicted octanol–water partition coefficient (Wildman–Crippen LogP) is 7.23. The van der Waals surface area contributed by atoms with E-state index in [2.05, 4.69) is 71.0 Å². The van der Waals surface area contributed by atoms with Crippen LogP contribution in [-0.4, -0.2) is 17.8 Å². The van der Waals surface area contributed by atoms with Crippen molar-refractivity contribution in [1.29, 1.82) is 0 Å². The Labute approximate surface area is 200 Å². The lowest BCUT2D eigenvalue weighted by molar-refractivity contribution is -0.0197. The summed E-state index contributed by atoms with van der Waals surface area (Å²) in [5.41, 5.74) is 4.33. The molecular weight excluding hydrogens is 576 g/mol. The molecule has 3 aromatic carbocycles. The van der Waals surface area contributed by atoms with Gasteiger partial charge in [-0.25, -0.2) is 5.01 Å². The first-order valence-corrected chi connectivity index (χ1v) is 11.8. The van der Waals surface area contributed by atoms with Crippen LogP contribution in [0.4, 0.5) is 0 Å². The fraction of sp³-hybridized carbons (Fsp3) is 0.174. The Morgan fingerprint density at radius 3 is 2.40 bits per heavy atom. The minimum atomic E-state index is -0.321. The quantitative estimate of drug-likeness (QED) is 0.322. The van der Waals surface area contributed by atoms with E-state index in [1.165, 1.54) is 0 Å². The van der Waals surface area contributed by atoms with E-state index in [-0.39, 0.29) is 12.3 Å². The molecule has 0 fully saturated rings. The molecule has 3 aromatic rings. The molecule has 2 aliphatic heterocycles. The van der Waals surface area contributed by atoms with Crippen molar-refractivity contribution < 1.29 is 9.47 Å². The molecule has 0 unspecified atom stereocenters. The van der Waals surface area contributed by atoms with Crippen molar-refractivity contribution in [2.24, 2.45) is 5.10 Å². The summed E-state index contributed by atoms with van der Waals surface area (Å²) in [6, 6.07) is 20.5. The van der Waals surface area contributed by atoms with Crippen LogP contribution in [0.1, 0.15) is 35.4 Å². The molecule has 0 saturated carbocycles. The van der Waals surface area contributed by atoms with E-state index in [4.69, 9.17) is 14.6 Å². The summed E-state index contributed by atoms with van der Waals surface area (Å²) in [5, 5.41) is 7.10. The normalized spacial score (nSPS) is 19.6. The van der Waals surface area contributed by atoms with Crippen LogP contribution in [0.25, 0.3) is 0 Å². The number of rotatable bonds is 3. The zero-order valence-electron chi connectivity index (χ0n) is 16.0. The van der Waals surface area contributed by atoms with Crippen molar-refractivity contribution in [2.75, 3.05) is 7.11 Å². The number of fused-ring (bicyclic) bond motifs is 3. The number of hydrogen-bond acceptors (Lipinski definition) is 4. The molecule has 5 rings (SSSR count). The van der Waals surface area contributed by atoms with Crippen LogP contribution in [0.3, 0.4) is 0 Å². The molecule has 2 atom stereocenters. The van der Waals surface area contributed by atoms with Crippen LogP contribution in [-0.2, 0) is 0 Å². The number of hydrogen-bond donors (Lipinski definition) is 0. The van der Waals surface area contributed by atoms with Crippen molar-refractivity contribution in [1.82, 2.24) is 5.01 Å². The van der Waals surface area contributed by atoms with Crippen molar-refractivity contribution in [3.05, 3.63) is 90.8 Å². The van der Waals surface area contributed by atoms with Gasteiger partial charge in [0.15, 0.2) is 0 Å². The number of ether oxygens (including phenoxy) is 2. The minimum absolute atomic E-state index is 0.0910. The largest absolute Gasteiger partial charge is 0.497 e. The highest BCUT2D eigenvalue weighted by molar-refractivity contribution is 9.11. The van der Waals surface area contributed by atoms with Gasteiger partial charge in [0.05, 0.1) is 23.3 Å². The van der Waals surface area contributed by atoms with Gasteiger partial charge in [-0.3, -0.25) is 0 Å². The molecule has 0 amide bonds. The van der Waals surface area contributed by atoms with Gasteiger partial charge >= 0.3 is 0 Å². The van der Waals surface area contributed by atoms with Crippen molar-refractivity contribution in [2.45, 2.75) is 18.7 Å². The Balaban J connectivity index is 1.60. The lowest BCUT2D eigenvalue weighted by Crippen LogP contribution is -2.33. The van der Waals surface area contributed by atoms with Crippen molar-refractivity contribution in [3.63, 3.8) is 0 Å². The van der Waals surface area contributed by atoms with E-state index < -0.39 is 0 Å². The summed E-state index contributed by atoms with van der Waals surface area (Å²) in [5.74, 6) is 1.68. The van der Waals surface area contributed by atoms with Gasteiger partial charge in [0.1, 0.15) is 11.5 Å². The van der Waals surface area contributed by atoms with Crippen LogP contribution in [0.2, 0.25) is 0 Å². The summed E-state index contributed by atoms with van der Waals surface area (Å²) in [6.07, 6.45) is 0.493. The summed E-state index contributed by atoms with van der Waals surface area (Å²) < 4.78 is 14.8. The number of hydrazone groups is 1. The smallest absolute Gasteiger partial charge is 0.213 e. The Hall–Kier alpha value is -1.83.